The van der Waals surface area contributed by atoms with Crippen LogP contribution >= 0.6 is 0 Å². The first-order chi connectivity index (χ1) is 15.0. The molecule has 1 fully saturated rings. The summed E-state index contributed by atoms with van der Waals surface area (Å²) in [5.74, 6) is 0.259. The van der Waals surface area contributed by atoms with Crippen molar-refractivity contribution < 1.29 is 14.7 Å². The van der Waals surface area contributed by atoms with Crippen LogP contribution in [0.5, 0.6) is 5.75 Å². The van der Waals surface area contributed by atoms with Gasteiger partial charge in [0.05, 0.1) is 13.1 Å². The Kier molecular flexibility index (Phi) is 4.73. The van der Waals surface area contributed by atoms with E-state index in [1.807, 2.05) is 13.0 Å². The lowest BCUT2D eigenvalue weighted by molar-refractivity contribution is -0.157. The number of phenolic OH excluding ortho intramolecular Hbond substituents is 1. The Bertz CT molecular complexity index is 1180. The molecule has 1 aromatic heterocycles. The molecule has 1 atom stereocenters. The van der Waals surface area contributed by atoms with Crippen molar-refractivity contribution >= 4 is 22.7 Å². The number of nitrogens with zero attached hydrogens (tertiary/aromatic N) is 3. The molecule has 0 radical (unpaired) electrons. The van der Waals surface area contributed by atoms with Crippen molar-refractivity contribution in [1.82, 2.24) is 14.4 Å². The molecule has 1 N–H and O–H groups in total. The molecular weight excluding hydrogens is 390 g/mol. The quantitative estimate of drug-likeness (QED) is 0.709. The van der Waals surface area contributed by atoms with Gasteiger partial charge in [-0.15, -0.1) is 0 Å². The van der Waals surface area contributed by atoms with Crippen molar-refractivity contribution in [1.29, 1.82) is 0 Å². The number of aryl methyl sites for hydroxylation is 1. The van der Waals surface area contributed by atoms with Gasteiger partial charge >= 0.3 is 0 Å². The van der Waals surface area contributed by atoms with Crippen LogP contribution in [0.1, 0.15) is 35.7 Å². The van der Waals surface area contributed by atoms with E-state index in [1.165, 1.54) is 11.1 Å². The van der Waals surface area contributed by atoms with Crippen LogP contribution in [0.3, 0.4) is 0 Å². The molecule has 2 aliphatic rings. The molecule has 0 bridgehead atoms. The molecule has 0 saturated carbocycles. The zero-order valence-corrected chi connectivity index (χ0v) is 18.0. The second-order valence-corrected chi connectivity index (χ2v) is 8.70. The van der Waals surface area contributed by atoms with E-state index in [-0.39, 0.29) is 24.1 Å². The topological polar surface area (TPSA) is 65.8 Å². The summed E-state index contributed by atoms with van der Waals surface area (Å²) in [5.41, 5.74) is 5.54. The summed E-state index contributed by atoms with van der Waals surface area (Å²) >= 11 is 0. The summed E-state index contributed by atoms with van der Waals surface area (Å²) < 4.78 is 2.24. The number of aromatic hydroxyl groups is 1. The van der Waals surface area contributed by atoms with Crippen molar-refractivity contribution in [2.24, 2.45) is 0 Å². The predicted octanol–water partition coefficient (Wildman–Crippen LogP) is 3.21. The minimum absolute atomic E-state index is 0.0127. The molecular formula is C25H27N3O3. The summed E-state index contributed by atoms with van der Waals surface area (Å²) in [6.07, 6.45) is 1.32. The number of benzene rings is 2. The molecule has 2 aromatic carbocycles. The fourth-order valence-electron chi connectivity index (χ4n) is 4.99. The van der Waals surface area contributed by atoms with E-state index in [2.05, 4.69) is 35.8 Å². The molecule has 1 saturated heterocycles. The number of amides is 2. The van der Waals surface area contributed by atoms with E-state index in [9.17, 15) is 14.7 Å². The Morgan fingerprint density at radius 1 is 1.06 bits per heavy atom. The molecule has 160 valence electrons. The number of hydrogen-bond donors (Lipinski definition) is 1. The molecule has 31 heavy (non-hydrogen) atoms. The van der Waals surface area contributed by atoms with Gasteiger partial charge in [0.25, 0.3) is 0 Å². The van der Waals surface area contributed by atoms with Crippen LogP contribution in [0.4, 0.5) is 0 Å². The third-order valence-electron chi connectivity index (χ3n) is 6.56. The summed E-state index contributed by atoms with van der Waals surface area (Å²) in [6, 6.07) is 13.4. The third kappa shape index (κ3) is 3.26. The monoisotopic (exact) mass is 417 g/mol. The van der Waals surface area contributed by atoms with Gasteiger partial charge in [0.15, 0.2) is 0 Å². The summed E-state index contributed by atoms with van der Waals surface area (Å²) in [7, 11) is 0. The van der Waals surface area contributed by atoms with Crippen molar-refractivity contribution in [2.45, 2.75) is 45.8 Å². The Labute approximate surface area is 181 Å². The molecule has 5 rings (SSSR count). The third-order valence-corrected chi connectivity index (χ3v) is 6.56. The number of aromatic nitrogens is 1. The van der Waals surface area contributed by atoms with Crippen molar-refractivity contribution in [3.8, 4) is 5.75 Å². The second-order valence-electron chi connectivity index (χ2n) is 8.70. The first kappa shape index (κ1) is 19.7. The maximum absolute atomic E-state index is 13.1. The molecule has 0 aliphatic carbocycles. The minimum Gasteiger partial charge on any atom is -0.508 e. The first-order valence-electron chi connectivity index (χ1n) is 10.9. The SMILES string of the molecule is CCCN1CC(=O)N2Cc3c(c4cc(O)ccc4n3Cc3ccc(C)cc3)CC2C1=O. The zero-order valence-electron chi connectivity index (χ0n) is 18.0. The smallest absolute Gasteiger partial charge is 0.246 e. The van der Waals surface area contributed by atoms with Crippen LogP contribution in [0.2, 0.25) is 0 Å². The molecule has 3 heterocycles. The predicted molar refractivity (Wildman–Crippen MR) is 119 cm³/mol. The number of piperazine rings is 1. The largest absolute Gasteiger partial charge is 0.508 e. The van der Waals surface area contributed by atoms with Crippen molar-refractivity contribution in [3.05, 3.63) is 64.8 Å². The van der Waals surface area contributed by atoms with Crippen LogP contribution in [0.15, 0.2) is 42.5 Å². The van der Waals surface area contributed by atoms with Gasteiger partial charge in [-0.2, -0.15) is 0 Å². The molecule has 6 nitrogen and oxygen atoms in total. The highest BCUT2D eigenvalue weighted by molar-refractivity contribution is 5.97. The van der Waals surface area contributed by atoms with E-state index in [0.29, 0.717) is 26.1 Å². The molecule has 1 unspecified atom stereocenters. The van der Waals surface area contributed by atoms with E-state index >= 15 is 0 Å². The second kappa shape index (κ2) is 7.45. The first-order valence-corrected chi connectivity index (χ1v) is 10.9. The van der Waals surface area contributed by atoms with Crippen LogP contribution in [-0.2, 0) is 29.1 Å². The average molecular weight is 418 g/mol. The van der Waals surface area contributed by atoms with E-state index < -0.39 is 6.04 Å². The van der Waals surface area contributed by atoms with Gasteiger partial charge in [-0.05, 0) is 42.7 Å². The maximum Gasteiger partial charge on any atom is 0.246 e. The lowest BCUT2D eigenvalue weighted by Gasteiger charge is -2.43. The van der Waals surface area contributed by atoms with Gasteiger partial charge in [-0.1, -0.05) is 36.8 Å². The lowest BCUT2D eigenvalue weighted by atomic mass is 9.93. The summed E-state index contributed by atoms with van der Waals surface area (Å²) in [5, 5.41) is 11.1. The Morgan fingerprint density at radius 3 is 2.58 bits per heavy atom. The van der Waals surface area contributed by atoms with Crippen LogP contribution in [0.25, 0.3) is 10.9 Å². The Hall–Kier alpha value is -3.28. The highest BCUT2D eigenvalue weighted by Crippen LogP contribution is 2.37. The van der Waals surface area contributed by atoms with Gasteiger partial charge in [-0.3, -0.25) is 9.59 Å². The number of carbonyl (C=O) groups is 2. The summed E-state index contributed by atoms with van der Waals surface area (Å²) in [6.45, 7) is 5.96. The van der Waals surface area contributed by atoms with Gasteiger partial charge in [0.2, 0.25) is 11.8 Å². The number of rotatable bonds is 4. The van der Waals surface area contributed by atoms with Crippen LogP contribution < -0.4 is 0 Å². The number of fused-ring (bicyclic) bond motifs is 4. The van der Waals surface area contributed by atoms with Crippen molar-refractivity contribution in [3.63, 3.8) is 0 Å². The van der Waals surface area contributed by atoms with E-state index in [4.69, 9.17) is 0 Å². The van der Waals surface area contributed by atoms with Crippen molar-refractivity contribution in [2.75, 3.05) is 13.1 Å². The van der Waals surface area contributed by atoms with E-state index in [1.54, 1.807) is 21.9 Å². The highest BCUT2D eigenvalue weighted by Gasteiger charge is 2.43. The molecule has 3 aromatic rings. The number of carbonyl (C=O) groups excluding carboxylic acids is 2. The van der Waals surface area contributed by atoms with Gasteiger partial charge in [0, 0.05) is 36.1 Å². The fraction of sp³-hybridized carbons (Fsp3) is 0.360. The Balaban J connectivity index is 1.61. The number of phenols is 1. The molecule has 0 spiro atoms. The maximum atomic E-state index is 13.1. The minimum atomic E-state index is -0.457. The van der Waals surface area contributed by atoms with E-state index in [0.717, 1.165) is 28.6 Å². The standard InChI is InChI=1S/C25H27N3O3/c1-3-10-26-15-24(30)28-14-23-20(12-22(28)25(26)31)19-11-18(29)8-9-21(19)27(23)13-17-6-4-16(2)5-7-17/h4-9,11,22,29H,3,10,12-15H2,1-2H3. The van der Waals surface area contributed by atoms with Gasteiger partial charge in [0.1, 0.15) is 11.8 Å². The number of hydrogen-bond acceptors (Lipinski definition) is 3. The average Bonchev–Trinajstić information content (AvgIpc) is 3.04. The van der Waals surface area contributed by atoms with Crippen LogP contribution in [-0.4, -0.2) is 50.4 Å². The van der Waals surface area contributed by atoms with Gasteiger partial charge in [-0.25, -0.2) is 0 Å². The highest BCUT2D eigenvalue weighted by atomic mass is 16.3. The Morgan fingerprint density at radius 2 is 1.84 bits per heavy atom. The van der Waals surface area contributed by atoms with Gasteiger partial charge < -0.3 is 19.5 Å². The fourth-order valence-corrected chi connectivity index (χ4v) is 4.99. The molecule has 2 aliphatic heterocycles. The lowest BCUT2D eigenvalue weighted by Crippen LogP contribution is -2.61. The summed E-state index contributed by atoms with van der Waals surface area (Å²) in [4.78, 5) is 29.5. The zero-order chi connectivity index (χ0) is 21.7. The molecule has 2 amide bonds. The molecule has 6 heteroatoms. The normalized spacial score (nSPS) is 18.5. The van der Waals surface area contributed by atoms with Crippen LogP contribution in [0, 0.1) is 6.92 Å².